The van der Waals surface area contributed by atoms with Gasteiger partial charge in [0, 0.05) is 12.3 Å². The van der Waals surface area contributed by atoms with Gasteiger partial charge in [0.2, 0.25) is 0 Å². The van der Waals surface area contributed by atoms with Gasteiger partial charge in [-0.3, -0.25) is 4.79 Å². The summed E-state index contributed by atoms with van der Waals surface area (Å²) in [5, 5.41) is 0. The molecular formula is C11H14Cl2O. The van der Waals surface area contributed by atoms with Crippen LogP contribution in [0, 0.1) is 5.92 Å². The van der Waals surface area contributed by atoms with Gasteiger partial charge in [0.05, 0.1) is 0 Å². The Morgan fingerprint density at radius 3 is 2.86 bits per heavy atom. The molecule has 2 aliphatic carbocycles. The van der Waals surface area contributed by atoms with Crippen molar-refractivity contribution in [2.45, 2.75) is 42.9 Å². The maximum absolute atomic E-state index is 11.7. The fourth-order valence-electron chi connectivity index (χ4n) is 2.45. The summed E-state index contributed by atoms with van der Waals surface area (Å²) < 4.78 is -1.15. The topological polar surface area (TPSA) is 17.1 Å². The second-order valence-corrected chi connectivity index (χ2v) is 5.55. The highest BCUT2D eigenvalue weighted by Gasteiger charge is 2.44. The van der Waals surface area contributed by atoms with Gasteiger partial charge in [0.1, 0.15) is 0 Å². The van der Waals surface area contributed by atoms with Crippen LogP contribution >= 0.6 is 23.2 Å². The third-order valence-electron chi connectivity index (χ3n) is 3.24. The highest BCUT2D eigenvalue weighted by Crippen LogP contribution is 2.46. The predicted molar refractivity (Wildman–Crippen MR) is 58.7 cm³/mol. The molecule has 78 valence electrons. The average Bonchev–Trinajstić information content (AvgIpc) is 2.27. The van der Waals surface area contributed by atoms with E-state index in [4.69, 9.17) is 23.2 Å². The first-order valence-corrected chi connectivity index (χ1v) is 5.98. The number of ketones is 1. The normalized spacial score (nSPS) is 31.7. The number of allylic oxidation sites excluding steroid dienone is 2. The van der Waals surface area contributed by atoms with Gasteiger partial charge in [-0.25, -0.2) is 0 Å². The van der Waals surface area contributed by atoms with Crippen LogP contribution in [0.2, 0.25) is 0 Å². The van der Waals surface area contributed by atoms with E-state index in [1.54, 1.807) is 0 Å². The Bertz CT molecular complexity index is 281. The van der Waals surface area contributed by atoms with Crippen molar-refractivity contribution in [3.05, 3.63) is 11.6 Å². The lowest BCUT2D eigenvalue weighted by atomic mass is 9.81. The second-order valence-electron chi connectivity index (χ2n) is 4.16. The first-order valence-electron chi connectivity index (χ1n) is 5.22. The molecule has 0 bridgehead atoms. The number of alkyl halides is 2. The Kier molecular flexibility index (Phi) is 2.90. The van der Waals surface area contributed by atoms with E-state index in [2.05, 4.69) is 6.08 Å². The zero-order valence-electron chi connectivity index (χ0n) is 8.06. The van der Waals surface area contributed by atoms with Gasteiger partial charge in [0.25, 0.3) is 0 Å². The van der Waals surface area contributed by atoms with Crippen molar-refractivity contribution < 1.29 is 4.79 Å². The van der Waals surface area contributed by atoms with E-state index in [0.717, 1.165) is 25.7 Å². The number of halogens is 2. The first-order chi connectivity index (χ1) is 6.62. The SMILES string of the molecule is O=C1CCC=C2CCCCC2C1(Cl)Cl. The van der Waals surface area contributed by atoms with E-state index in [0.29, 0.717) is 6.42 Å². The minimum absolute atomic E-state index is 0.000941. The van der Waals surface area contributed by atoms with E-state index in [-0.39, 0.29) is 11.7 Å². The number of carbonyl (C=O) groups excluding carboxylic acids is 1. The standard InChI is InChI=1S/C11H14Cl2O/c12-11(13)9-6-2-1-4-8(9)5-3-7-10(11)14/h5,9H,1-4,6-7H2. The molecule has 0 aliphatic heterocycles. The number of fused-ring (bicyclic) bond motifs is 1. The van der Waals surface area contributed by atoms with Gasteiger partial charge in [-0.2, -0.15) is 0 Å². The minimum atomic E-state index is -1.15. The van der Waals surface area contributed by atoms with Crippen LogP contribution in [0.5, 0.6) is 0 Å². The Morgan fingerprint density at radius 1 is 1.29 bits per heavy atom. The van der Waals surface area contributed by atoms with Crippen molar-refractivity contribution in [1.82, 2.24) is 0 Å². The van der Waals surface area contributed by atoms with Crippen molar-refractivity contribution in [2.24, 2.45) is 5.92 Å². The quantitative estimate of drug-likeness (QED) is 0.461. The summed E-state index contributed by atoms with van der Waals surface area (Å²) in [7, 11) is 0. The monoisotopic (exact) mass is 232 g/mol. The lowest BCUT2D eigenvalue weighted by Crippen LogP contribution is -2.36. The van der Waals surface area contributed by atoms with Crippen LogP contribution in [0.3, 0.4) is 0 Å². The van der Waals surface area contributed by atoms with Crippen molar-refractivity contribution >= 4 is 29.0 Å². The number of Topliss-reactive ketones (excluding diaryl/α,β-unsaturated/α-hetero) is 1. The highest BCUT2D eigenvalue weighted by atomic mass is 35.5. The maximum atomic E-state index is 11.7. The molecule has 14 heavy (non-hydrogen) atoms. The van der Waals surface area contributed by atoms with Crippen molar-refractivity contribution in [3.63, 3.8) is 0 Å². The third-order valence-corrected chi connectivity index (χ3v) is 4.19. The lowest BCUT2D eigenvalue weighted by molar-refractivity contribution is -0.120. The molecule has 0 aromatic heterocycles. The van der Waals surface area contributed by atoms with E-state index in [1.165, 1.54) is 12.0 Å². The molecule has 1 unspecified atom stereocenters. The van der Waals surface area contributed by atoms with E-state index in [1.807, 2.05) is 0 Å². The zero-order valence-corrected chi connectivity index (χ0v) is 9.57. The number of rotatable bonds is 0. The van der Waals surface area contributed by atoms with Gasteiger partial charge >= 0.3 is 0 Å². The molecule has 0 amide bonds. The fourth-order valence-corrected chi connectivity index (χ4v) is 3.13. The van der Waals surface area contributed by atoms with Crippen LogP contribution in [-0.2, 0) is 4.79 Å². The second kappa shape index (κ2) is 3.86. The fraction of sp³-hybridized carbons (Fsp3) is 0.727. The van der Waals surface area contributed by atoms with Gasteiger partial charge in [-0.1, -0.05) is 41.3 Å². The summed E-state index contributed by atoms with van der Waals surface area (Å²) in [4.78, 5) is 11.7. The number of hydrogen-bond donors (Lipinski definition) is 0. The molecule has 1 fully saturated rings. The van der Waals surface area contributed by atoms with Crippen molar-refractivity contribution in [3.8, 4) is 0 Å². The predicted octanol–water partition coefficient (Wildman–Crippen LogP) is 3.64. The highest BCUT2D eigenvalue weighted by molar-refractivity contribution is 6.58. The van der Waals surface area contributed by atoms with Crippen LogP contribution in [0.25, 0.3) is 0 Å². The molecule has 1 nitrogen and oxygen atoms in total. The molecule has 1 saturated carbocycles. The van der Waals surface area contributed by atoms with E-state index < -0.39 is 4.33 Å². The molecule has 1 atom stereocenters. The molecule has 0 aromatic rings. The zero-order chi connectivity index (χ0) is 10.2. The summed E-state index contributed by atoms with van der Waals surface area (Å²) in [6.45, 7) is 0. The first kappa shape index (κ1) is 10.5. The molecule has 0 spiro atoms. The molecule has 0 aromatic carbocycles. The van der Waals surface area contributed by atoms with Crippen molar-refractivity contribution in [2.75, 3.05) is 0 Å². The largest absolute Gasteiger partial charge is 0.296 e. The van der Waals surface area contributed by atoms with Crippen LogP contribution < -0.4 is 0 Å². The molecule has 2 aliphatic rings. The summed E-state index contributed by atoms with van der Waals surface area (Å²) in [5.41, 5.74) is 1.31. The Labute approximate surface area is 94.5 Å². The number of hydrogen-bond acceptors (Lipinski definition) is 1. The number of carbonyl (C=O) groups is 1. The average molecular weight is 233 g/mol. The third kappa shape index (κ3) is 1.72. The summed E-state index contributed by atoms with van der Waals surface area (Å²) >= 11 is 12.4. The molecule has 0 radical (unpaired) electrons. The molecule has 0 N–H and O–H groups in total. The van der Waals surface area contributed by atoms with Crippen molar-refractivity contribution in [1.29, 1.82) is 0 Å². The summed E-state index contributed by atoms with van der Waals surface area (Å²) in [6, 6.07) is 0. The summed E-state index contributed by atoms with van der Waals surface area (Å²) in [6.07, 6.45) is 7.85. The Hall–Kier alpha value is -0.0100. The van der Waals surface area contributed by atoms with Gasteiger partial charge in [0.15, 0.2) is 10.1 Å². The Morgan fingerprint density at radius 2 is 2.07 bits per heavy atom. The summed E-state index contributed by atoms with van der Waals surface area (Å²) in [5.74, 6) is 0.0774. The molecular weight excluding hydrogens is 219 g/mol. The van der Waals surface area contributed by atoms with Gasteiger partial charge < -0.3 is 0 Å². The minimum Gasteiger partial charge on any atom is -0.296 e. The van der Waals surface area contributed by atoms with Crippen LogP contribution in [-0.4, -0.2) is 10.1 Å². The van der Waals surface area contributed by atoms with Gasteiger partial charge in [-0.15, -0.1) is 0 Å². The smallest absolute Gasteiger partial charge is 0.182 e. The molecule has 0 heterocycles. The maximum Gasteiger partial charge on any atom is 0.182 e. The van der Waals surface area contributed by atoms with Gasteiger partial charge in [-0.05, 0) is 25.7 Å². The molecule has 3 heteroatoms. The van der Waals surface area contributed by atoms with E-state index >= 15 is 0 Å². The van der Waals surface area contributed by atoms with Crippen LogP contribution in [0.1, 0.15) is 38.5 Å². The van der Waals surface area contributed by atoms with Crippen LogP contribution in [0.4, 0.5) is 0 Å². The molecule has 2 rings (SSSR count). The lowest BCUT2D eigenvalue weighted by Gasteiger charge is -2.32. The van der Waals surface area contributed by atoms with Crippen LogP contribution in [0.15, 0.2) is 11.6 Å². The van der Waals surface area contributed by atoms with E-state index in [9.17, 15) is 4.79 Å². The Balaban J connectivity index is 2.31. The molecule has 0 saturated heterocycles.